The number of ether oxygens (including phenoxy) is 1. The lowest BCUT2D eigenvalue weighted by molar-refractivity contribution is -0.140. The summed E-state index contributed by atoms with van der Waals surface area (Å²) < 4.78 is 30.6. The van der Waals surface area contributed by atoms with Crippen molar-refractivity contribution in [3.05, 3.63) is 0 Å². The Balaban J connectivity index is 2.28. The lowest BCUT2D eigenvalue weighted by atomic mass is 10.0. The maximum atomic E-state index is 11.8. The SMILES string of the molecule is COC(=O)CCCS(=O)(=O)NCC1CCCCN1C. The maximum Gasteiger partial charge on any atom is 0.305 e. The Bertz CT molecular complexity index is 383. The van der Waals surface area contributed by atoms with Crippen molar-refractivity contribution in [1.82, 2.24) is 9.62 Å². The Kier molecular flexibility index (Phi) is 6.74. The molecule has 1 aliphatic heterocycles. The molecule has 1 heterocycles. The third kappa shape index (κ3) is 6.35. The Labute approximate surface area is 115 Å². The van der Waals surface area contributed by atoms with E-state index in [4.69, 9.17) is 0 Å². The van der Waals surface area contributed by atoms with Gasteiger partial charge in [-0.25, -0.2) is 13.1 Å². The Morgan fingerprint density at radius 1 is 1.42 bits per heavy atom. The molecule has 0 aromatic rings. The molecule has 1 rings (SSSR count). The van der Waals surface area contributed by atoms with Crippen LogP contribution in [0.4, 0.5) is 0 Å². The molecule has 1 saturated heterocycles. The zero-order chi connectivity index (χ0) is 14.3. The lowest BCUT2D eigenvalue weighted by Gasteiger charge is -2.32. The number of carbonyl (C=O) groups is 1. The summed E-state index contributed by atoms with van der Waals surface area (Å²) in [6, 6.07) is 0.282. The van der Waals surface area contributed by atoms with E-state index in [0.29, 0.717) is 13.0 Å². The van der Waals surface area contributed by atoms with E-state index in [2.05, 4.69) is 14.4 Å². The number of rotatable bonds is 7. The largest absolute Gasteiger partial charge is 0.469 e. The van der Waals surface area contributed by atoms with Crippen LogP contribution in [0.5, 0.6) is 0 Å². The third-order valence-corrected chi connectivity index (χ3v) is 4.91. The summed E-state index contributed by atoms with van der Waals surface area (Å²) in [5.41, 5.74) is 0. The van der Waals surface area contributed by atoms with Gasteiger partial charge in [-0.3, -0.25) is 4.79 Å². The molecular weight excluding hydrogens is 268 g/mol. The molecule has 1 N–H and O–H groups in total. The second-order valence-electron chi connectivity index (χ2n) is 4.98. The third-order valence-electron chi connectivity index (χ3n) is 3.48. The molecule has 0 saturated carbocycles. The molecular formula is C12H24N2O4S. The molecule has 1 atom stereocenters. The minimum Gasteiger partial charge on any atom is -0.469 e. The second-order valence-corrected chi connectivity index (χ2v) is 6.90. The van der Waals surface area contributed by atoms with Crippen LogP contribution in [0.2, 0.25) is 0 Å². The smallest absolute Gasteiger partial charge is 0.305 e. The van der Waals surface area contributed by atoms with Crippen LogP contribution in [0.3, 0.4) is 0 Å². The van der Waals surface area contributed by atoms with Gasteiger partial charge < -0.3 is 9.64 Å². The van der Waals surface area contributed by atoms with Gasteiger partial charge in [0.05, 0.1) is 12.9 Å². The quantitative estimate of drug-likeness (QED) is 0.685. The molecule has 0 aromatic carbocycles. The number of likely N-dealkylation sites (N-methyl/N-ethyl adjacent to an activating group) is 1. The summed E-state index contributed by atoms with van der Waals surface area (Å²) in [7, 11) is 0.0301. The van der Waals surface area contributed by atoms with Crippen molar-refractivity contribution in [3.63, 3.8) is 0 Å². The summed E-state index contributed by atoms with van der Waals surface area (Å²) in [6.07, 6.45) is 3.79. The van der Waals surface area contributed by atoms with E-state index in [9.17, 15) is 13.2 Å². The molecule has 0 radical (unpaired) electrons. The summed E-state index contributed by atoms with van der Waals surface area (Å²) in [5.74, 6) is -0.402. The van der Waals surface area contributed by atoms with Gasteiger partial charge in [0, 0.05) is 19.0 Å². The molecule has 0 amide bonds. The van der Waals surface area contributed by atoms with Crippen LogP contribution < -0.4 is 4.72 Å². The van der Waals surface area contributed by atoms with Gasteiger partial charge in [-0.05, 0) is 32.9 Å². The van der Waals surface area contributed by atoms with Crippen LogP contribution >= 0.6 is 0 Å². The first-order valence-corrected chi connectivity index (χ1v) is 8.34. The highest BCUT2D eigenvalue weighted by atomic mass is 32.2. The van der Waals surface area contributed by atoms with Crippen molar-refractivity contribution >= 4 is 16.0 Å². The van der Waals surface area contributed by atoms with Crippen molar-refractivity contribution < 1.29 is 17.9 Å². The predicted molar refractivity (Wildman–Crippen MR) is 73.3 cm³/mol. The normalized spacial score (nSPS) is 21.3. The topological polar surface area (TPSA) is 75.7 Å². The van der Waals surface area contributed by atoms with Crippen molar-refractivity contribution in [2.75, 3.05) is 33.0 Å². The van der Waals surface area contributed by atoms with Gasteiger partial charge in [0.2, 0.25) is 10.0 Å². The molecule has 0 aliphatic carbocycles. The molecule has 112 valence electrons. The van der Waals surface area contributed by atoms with Crippen LogP contribution in [0, 0.1) is 0 Å². The van der Waals surface area contributed by atoms with Gasteiger partial charge in [-0.2, -0.15) is 0 Å². The van der Waals surface area contributed by atoms with E-state index >= 15 is 0 Å². The number of esters is 1. The molecule has 1 unspecified atom stereocenters. The van der Waals surface area contributed by atoms with Crippen molar-refractivity contribution in [2.24, 2.45) is 0 Å². The van der Waals surface area contributed by atoms with Crippen molar-refractivity contribution in [1.29, 1.82) is 0 Å². The molecule has 1 aliphatic rings. The molecule has 0 spiro atoms. The van der Waals surface area contributed by atoms with Crippen LogP contribution in [0.15, 0.2) is 0 Å². The van der Waals surface area contributed by atoms with E-state index in [1.165, 1.54) is 13.5 Å². The van der Waals surface area contributed by atoms with Crippen LogP contribution in [-0.2, 0) is 19.6 Å². The van der Waals surface area contributed by atoms with Gasteiger partial charge in [-0.15, -0.1) is 0 Å². The summed E-state index contributed by atoms with van der Waals surface area (Å²) in [5, 5.41) is 0. The van der Waals surface area contributed by atoms with E-state index in [1.807, 2.05) is 7.05 Å². The molecule has 0 aromatic heterocycles. The predicted octanol–water partition coefficient (Wildman–Crippen LogP) is 0.343. The summed E-state index contributed by atoms with van der Waals surface area (Å²) in [6.45, 7) is 1.48. The first-order valence-electron chi connectivity index (χ1n) is 6.69. The molecule has 19 heavy (non-hydrogen) atoms. The fourth-order valence-corrected chi connectivity index (χ4v) is 3.32. The Hall–Kier alpha value is -0.660. The second kappa shape index (κ2) is 7.81. The van der Waals surface area contributed by atoms with Crippen LogP contribution in [0.1, 0.15) is 32.1 Å². The average molecular weight is 292 g/mol. The van der Waals surface area contributed by atoms with Gasteiger partial charge in [-0.1, -0.05) is 6.42 Å². The van der Waals surface area contributed by atoms with Crippen molar-refractivity contribution in [3.8, 4) is 0 Å². The standard InChI is InChI=1S/C12H24N2O4S/c1-14-8-4-3-6-11(14)10-13-19(16,17)9-5-7-12(15)18-2/h11,13H,3-10H2,1-2H3. The monoisotopic (exact) mass is 292 g/mol. The van der Waals surface area contributed by atoms with Crippen LogP contribution in [0.25, 0.3) is 0 Å². The number of methoxy groups -OCH3 is 1. The first-order chi connectivity index (χ1) is 8.94. The zero-order valence-electron chi connectivity index (χ0n) is 11.7. The highest BCUT2D eigenvalue weighted by Crippen LogP contribution is 2.14. The fourth-order valence-electron chi connectivity index (χ4n) is 2.21. The first kappa shape index (κ1) is 16.4. The number of carbonyl (C=O) groups excluding carboxylic acids is 1. The van der Waals surface area contributed by atoms with Gasteiger partial charge in [0.25, 0.3) is 0 Å². The minimum absolute atomic E-state index is 0.0292. The number of likely N-dealkylation sites (tertiary alicyclic amines) is 1. The summed E-state index contributed by atoms with van der Waals surface area (Å²) >= 11 is 0. The minimum atomic E-state index is -3.29. The number of hydrogen-bond acceptors (Lipinski definition) is 5. The fraction of sp³-hybridized carbons (Fsp3) is 0.917. The van der Waals surface area contributed by atoms with E-state index < -0.39 is 10.0 Å². The Morgan fingerprint density at radius 2 is 2.16 bits per heavy atom. The van der Waals surface area contributed by atoms with E-state index in [0.717, 1.165) is 19.4 Å². The molecule has 7 heteroatoms. The Morgan fingerprint density at radius 3 is 2.79 bits per heavy atom. The number of piperidine rings is 1. The van der Waals surface area contributed by atoms with E-state index in [-0.39, 0.29) is 24.2 Å². The van der Waals surface area contributed by atoms with Crippen molar-refractivity contribution in [2.45, 2.75) is 38.1 Å². The highest BCUT2D eigenvalue weighted by molar-refractivity contribution is 7.89. The van der Waals surface area contributed by atoms with Gasteiger partial charge >= 0.3 is 5.97 Å². The van der Waals surface area contributed by atoms with Gasteiger partial charge in [0.1, 0.15) is 0 Å². The summed E-state index contributed by atoms with van der Waals surface area (Å²) in [4.78, 5) is 13.1. The number of hydrogen-bond donors (Lipinski definition) is 1. The van der Waals surface area contributed by atoms with Gasteiger partial charge in [0.15, 0.2) is 0 Å². The zero-order valence-corrected chi connectivity index (χ0v) is 12.5. The number of nitrogens with one attached hydrogen (secondary N) is 1. The molecule has 6 nitrogen and oxygen atoms in total. The number of sulfonamides is 1. The molecule has 1 fully saturated rings. The molecule has 0 bridgehead atoms. The number of nitrogens with zero attached hydrogens (tertiary/aromatic N) is 1. The lowest BCUT2D eigenvalue weighted by Crippen LogP contribution is -2.44. The average Bonchev–Trinajstić information content (AvgIpc) is 2.37. The van der Waals surface area contributed by atoms with Crippen LogP contribution in [-0.4, -0.2) is 58.3 Å². The van der Waals surface area contributed by atoms with E-state index in [1.54, 1.807) is 0 Å². The highest BCUT2D eigenvalue weighted by Gasteiger charge is 2.21. The maximum absolute atomic E-state index is 11.8.